The first-order chi connectivity index (χ1) is 11.5. The molecule has 1 saturated heterocycles. The number of aromatic nitrogens is 2. The number of benzene rings is 1. The van der Waals surface area contributed by atoms with Gasteiger partial charge in [-0.15, -0.1) is 0 Å². The number of carbonyl (C=O) groups excluding carboxylic acids is 2. The highest BCUT2D eigenvalue weighted by molar-refractivity contribution is 5.95. The first-order valence-corrected chi connectivity index (χ1v) is 7.89. The van der Waals surface area contributed by atoms with Crippen molar-refractivity contribution in [1.82, 2.24) is 14.7 Å². The molecule has 1 aromatic heterocycles. The van der Waals surface area contributed by atoms with Crippen molar-refractivity contribution >= 4 is 23.2 Å². The molecule has 1 aliphatic heterocycles. The van der Waals surface area contributed by atoms with Crippen LogP contribution in [0.1, 0.15) is 12.5 Å². The van der Waals surface area contributed by atoms with Crippen LogP contribution in [-0.4, -0.2) is 46.1 Å². The van der Waals surface area contributed by atoms with Crippen LogP contribution in [-0.2, 0) is 23.2 Å². The Morgan fingerprint density at radius 1 is 1.25 bits per heavy atom. The fraction of sp³-hybridized carbons (Fsp3) is 0.353. The quantitative estimate of drug-likeness (QED) is 0.917. The van der Waals surface area contributed by atoms with Gasteiger partial charge < -0.3 is 10.2 Å². The van der Waals surface area contributed by atoms with Crippen molar-refractivity contribution < 1.29 is 9.59 Å². The van der Waals surface area contributed by atoms with Crippen LogP contribution in [0.2, 0.25) is 0 Å². The van der Waals surface area contributed by atoms with Gasteiger partial charge in [0.05, 0.1) is 18.4 Å². The van der Waals surface area contributed by atoms with E-state index in [1.807, 2.05) is 37.5 Å². The van der Waals surface area contributed by atoms with Gasteiger partial charge in [-0.1, -0.05) is 12.1 Å². The summed E-state index contributed by atoms with van der Waals surface area (Å²) in [5.41, 5.74) is 2.75. The van der Waals surface area contributed by atoms with Crippen molar-refractivity contribution in [2.75, 3.05) is 29.9 Å². The Hall–Kier alpha value is -2.67. The monoisotopic (exact) mass is 327 g/mol. The van der Waals surface area contributed by atoms with Gasteiger partial charge in [-0.2, -0.15) is 5.10 Å². The van der Waals surface area contributed by atoms with Crippen LogP contribution < -0.4 is 10.2 Å². The standard InChI is InChI=1S/C17H21N5O2/c1-13(23)19-15-5-3-14(4-6-15)10-21-7-8-22(17(24)12-21)16-9-18-20(2)11-16/h3-6,9,11H,7-8,10,12H2,1-2H3,(H,19,23). The van der Waals surface area contributed by atoms with Crippen LogP contribution in [0, 0.1) is 0 Å². The third-order valence-corrected chi connectivity index (χ3v) is 3.98. The van der Waals surface area contributed by atoms with Gasteiger partial charge in [0.2, 0.25) is 11.8 Å². The lowest BCUT2D eigenvalue weighted by atomic mass is 10.1. The lowest BCUT2D eigenvalue weighted by Crippen LogP contribution is -2.50. The van der Waals surface area contributed by atoms with E-state index < -0.39 is 0 Å². The molecule has 3 rings (SSSR count). The first kappa shape index (κ1) is 16.2. The van der Waals surface area contributed by atoms with Crippen LogP contribution >= 0.6 is 0 Å². The SMILES string of the molecule is CC(=O)Nc1ccc(CN2CCN(c3cnn(C)c3)C(=O)C2)cc1. The molecule has 0 spiro atoms. The molecule has 1 aliphatic rings. The minimum Gasteiger partial charge on any atom is -0.326 e. The third-order valence-electron chi connectivity index (χ3n) is 3.98. The average molecular weight is 327 g/mol. The summed E-state index contributed by atoms with van der Waals surface area (Å²) in [6.07, 6.45) is 3.57. The Bertz CT molecular complexity index is 738. The molecule has 2 amide bonds. The van der Waals surface area contributed by atoms with E-state index >= 15 is 0 Å². The van der Waals surface area contributed by atoms with E-state index in [0.29, 0.717) is 19.6 Å². The zero-order valence-corrected chi connectivity index (χ0v) is 13.9. The molecular weight excluding hydrogens is 306 g/mol. The molecule has 1 aromatic carbocycles. The molecule has 7 nitrogen and oxygen atoms in total. The maximum absolute atomic E-state index is 12.4. The summed E-state index contributed by atoms with van der Waals surface area (Å²) < 4.78 is 1.70. The average Bonchev–Trinajstić information content (AvgIpc) is 2.95. The zero-order valence-electron chi connectivity index (χ0n) is 13.9. The number of amides is 2. The van der Waals surface area contributed by atoms with Gasteiger partial charge >= 0.3 is 0 Å². The lowest BCUT2D eigenvalue weighted by molar-refractivity contribution is -0.121. The number of nitrogens with one attached hydrogen (secondary N) is 1. The summed E-state index contributed by atoms with van der Waals surface area (Å²) in [4.78, 5) is 27.3. The Balaban J connectivity index is 1.58. The fourth-order valence-electron chi connectivity index (χ4n) is 2.83. The summed E-state index contributed by atoms with van der Waals surface area (Å²) in [6.45, 7) is 4.07. The maximum atomic E-state index is 12.4. The highest BCUT2D eigenvalue weighted by Crippen LogP contribution is 2.18. The Kier molecular flexibility index (Phi) is 4.61. The number of rotatable bonds is 4. The van der Waals surface area contributed by atoms with Crippen LogP contribution in [0.3, 0.4) is 0 Å². The molecule has 2 aromatic rings. The number of carbonyl (C=O) groups is 2. The molecule has 0 aliphatic carbocycles. The van der Waals surface area contributed by atoms with Gasteiger partial charge in [-0.05, 0) is 17.7 Å². The molecular formula is C17H21N5O2. The topological polar surface area (TPSA) is 70.5 Å². The van der Waals surface area contributed by atoms with Crippen LogP contribution in [0.25, 0.3) is 0 Å². The molecule has 24 heavy (non-hydrogen) atoms. The normalized spacial score (nSPS) is 15.6. The predicted molar refractivity (Wildman–Crippen MR) is 91.6 cm³/mol. The molecule has 1 fully saturated rings. The number of hydrogen-bond acceptors (Lipinski definition) is 4. The minimum absolute atomic E-state index is 0.0835. The second kappa shape index (κ2) is 6.84. The van der Waals surface area contributed by atoms with Gasteiger partial charge in [0.15, 0.2) is 0 Å². The van der Waals surface area contributed by atoms with Crippen LogP contribution in [0.5, 0.6) is 0 Å². The molecule has 0 saturated carbocycles. The smallest absolute Gasteiger partial charge is 0.241 e. The molecule has 0 atom stereocenters. The van der Waals surface area contributed by atoms with E-state index in [1.165, 1.54) is 6.92 Å². The van der Waals surface area contributed by atoms with E-state index in [4.69, 9.17) is 0 Å². The molecule has 1 N–H and O–H groups in total. The van der Waals surface area contributed by atoms with Crippen molar-refractivity contribution in [3.05, 3.63) is 42.2 Å². The van der Waals surface area contributed by atoms with Gasteiger partial charge in [0.1, 0.15) is 0 Å². The summed E-state index contributed by atoms with van der Waals surface area (Å²) in [5, 5.41) is 6.87. The summed E-state index contributed by atoms with van der Waals surface area (Å²) >= 11 is 0. The van der Waals surface area contributed by atoms with E-state index in [9.17, 15) is 9.59 Å². The zero-order chi connectivity index (χ0) is 17.1. The van der Waals surface area contributed by atoms with Gasteiger partial charge in [0.25, 0.3) is 0 Å². The summed E-state index contributed by atoms with van der Waals surface area (Å²) in [7, 11) is 1.84. The van der Waals surface area contributed by atoms with Crippen molar-refractivity contribution in [1.29, 1.82) is 0 Å². The largest absolute Gasteiger partial charge is 0.326 e. The molecule has 7 heteroatoms. The molecule has 0 unspecified atom stereocenters. The summed E-state index contributed by atoms with van der Waals surface area (Å²) in [5.74, 6) is 0.00369. The van der Waals surface area contributed by atoms with Gasteiger partial charge in [-0.25, -0.2) is 0 Å². The van der Waals surface area contributed by atoms with Crippen LogP contribution in [0.15, 0.2) is 36.7 Å². The minimum atomic E-state index is -0.0835. The van der Waals surface area contributed by atoms with E-state index in [2.05, 4.69) is 15.3 Å². The van der Waals surface area contributed by atoms with Gasteiger partial charge in [-0.3, -0.25) is 19.2 Å². The van der Waals surface area contributed by atoms with Crippen molar-refractivity contribution in [3.8, 4) is 0 Å². The highest BCUT2D eigenvalue weighted by atomic mass is 16.2. The number of anilines is 2. The highest BCUT2D eigenvalue weighted by Gasteiger charge is 2.25. The number of hydrogen-bond donors (Lipinski definition) is 1. The number of piperazine rings is 1. The Morgan fingerprint density at radius 3 is 2.58 bits per heavy atom. The van der Waals surface area contributed by atoms with Crippen molar-refractivity contribution in [2.24, 2.45) is 7.05 Å². The fourth-order valence-corrected chi connectivity index (χ4v) is 2.83. The first-order valence-electron chi connectivity index (χ1n) is 7.89. The Labute approximate surface area is 140 Å². The third kappa shape index (κ3) is 3.80. The molecule has 126 valence electrons. The summed E-state index contributed by atoms with van der Waals surface area (Å²) in [6, 6.07) is 7.71. The molecule has 0 bridgehead atoms. The van der Waals surface area contributed by atoms with E-state index in [0.717, 1.165) is 23.5 Å². The second-order valence-electron chi connectivity index (χ2n) is 6.01. The van der Waals surface area contributed by atoms with Crippen LogP contribution in [0.4, 0.5) is 11.4 Å². The maximum Gasteiger partial charge on any atom is 0.241 e. The van der Waals surface area contributed by atoms with Crippen molar-refractivity contribution in [3.63, 3.8) is 0 Å². The van der Waals surface area contributed by atoms with E-state index in [-0.39, 0.29) is 11.8 Å². The lowest BCUT2D eigenvalue weighted by Gasteiger charge is -2.33. The van der Waals surface area contributed by atoms with Crippen molar-refractivity contribution in [2.45, 2.75) is 13.5 Å². The predicted octanol–water partition coefficient (Wildman–Crippen LogP) is 1.23. The number of nitrogens with zero attached hydrogens (tertiary/aromatic N) is 4. The van der Waals surface area contributed by atoms with Gasteiger partial charge in [0, 0.05) is 45.5 Å². The second-order valence-corrected chi connectivity index (χ2v) is 6.01. The van der Waals surface area contributed by atoms with E-state index in [1.54, 1.807) is 15.8 Å². The Morgan fingerprint density at radius 2 is 2.00 bits per heavy atom. The molecule has 2 heterocycles. The molecule has 0 radical (unpaired) electrons. The number of aryl methyl sites for hydroxylation is 1.